The number of nitrogens with two attached hydrogens (primary N) is 1. The summed E-state index contributed by atoms with van der Waals surface area (Å²) in [6.07, 6.45) is 1.53. The smallest absolute Gasteiger partial charge is 0.330 e. The average molecular weight is 334 g/mol. The zero-order valence-corrected chi connectivity index (χ0v) is 13.8. The standard InChI is InChI=1S/C17H19N3O2.ClH/c1-11-7-12(2)9-14(8-11)16(17(21)22)20-15-5-3-13(4-6-15)10-19-18;/h3-10,16,20H,18H2,1-2H3,(H,21,22);1H. The van der Waals surface area contributed by atoms with Crippen molar-refractivity contribution in [1.82, 2.24) is 0 Å². The lowest BCUT2D eigenvalue weighted by molar-refractivity contribution is -0.138. The molecule has 2 aromatic rings. The number of carbonyl (C=O) groups is 1. The molecule has 2 rings (SSSR count). The van der Waals surface area contributed by atoms with Crippen LogP contribution in [-0.2, 0) is 4.79 Å². The number of nitrogens with zero attached hydrogens (tertiary/aromatic N) is 1. The summed E-state index contributed by atoms with van der Waals surface area (Å²) in [5.41, 5.74) is 4.39. The minimum Gasteiger partial charge on any atom is -0.479 e. The second kappa shape index (κ2) is 8.19. The van der Waals surface area contributed by atoms with Crippen LogP contribution in [0.2, 0.25) is 0 Å². The second-order valence-corrected chi connectivity index (χ2v) is 5.24. The Morgan fingerprint density at radius 1 is 1.17 bits per heavy atom. The van der Waals surface area contributed by atoms with Gasteiger partial charge in [-0.3, -0.25) is 0 Å². The molecular weight excluding hydrogens is 314 g/mol. The molecule has 23 heavy (non-hydrogen) atoms. The van der Waals surface area contributed by atoms with Crippen LogP contribution in [-0.4, -0.2) is 17.3 Å². The number of nitrogens with one attached hydrogen (secondary N) is 1. The Kier molecular flexibility index (Phi) is 6.60. The van der Waals surface area contributed by atoms with Crippen molar-refractivity contribution in [3.05, 3.63) is 64.7 Å². The van der Waals surface area contributed by atoms with Gasteiger partial charge in [0, 0.05) is 5.69 Å². The van der Waals surface area contributed by atoms with Gasteiger partial charge in [-0.15, -0.1) is 12.4 Å². The van der Waals surface area contributed by atoms with Crippen molar-refractivity contribution in [1.29, 1.82) is 0 Å². The van der Waals surface area contributed by atoms with Crippen molar-refractivity contribution in [2.24, 2.45) is 10.9 Å². The molecule has 1 unspecified atom stereocenters. The first-order valence-electron chi connectivity index (χ1n) is 6.90. The summed E-state index contributed by atoms with van der Waals surface area (Å²) < 4.78 is 0. The van der Waals surface area contributed by atoms with Gasteiger partial charge < -0.3 is 16.3 Å². The van der Waals surface area contributed by atoms with E-state index in [1.54, 1.807) is 12.1 Å². The fraction of sp³-hybridized carbons (Fsp3) is 0.176. The number of carboxylic acid groups (broad SMARTS) is 1. The van der Waals surface area contributed by atoms with E-state index in [9.17, 15) is 9.90 Å². The number of anilines is 1. The first kappa shape index (κ1) is 18.5. The molecule has 6 heteroatoms. The van der Waals surface area contributed by atoms with E-state index in [4.69, 9.17) is 5.84 Å². The molecule has 5 nitrogen and oxygen atoms in total. The molecule has 0 saturated carbocycles. The normalized spacial score (nSPS) is 11.7. The predicted molar refractivity (Wildman–Crippen MR) is 95.4 cm³/mol. The third-order valence-corrected chi connectivity index (χ3v) is 3.27. The summed E-state index contributed by atoms with van der Waals surface area (Å²) >= 11 is 0. The third-order valence-electron chi connectivity index (χ3n) is 3.27. The zero-order chi connectivity index (χ0) is 16.1. The van der Waals surface area contributed by atoms with E-state index in [0.717, 1.165) is 27.9 Å². The number of carboxylic acids is 1. The lowest BCUT2D eigenvalue weighted by Gasteiger charge is -2.17. The van der Waals surface area contributed by atoms with Crippen LogP contribution in [0.3, 0.4) is 0 Å². The van der Waals surface area contributed by atoms with E-state index in [-0.39, 0.29) is 12.4 Å². The van der Waals surface area contributed by atoms with Gasteiger partial charge in [-0.2, -0.15) is 5.10 Å². The Hall–Kier alpha value is -2.53. The van der Waals surface area contributed by atoms with E-state index < -0.39 is 12.0 Å². The number of hydrazone groups is 1. The van der Waals surface area contributed by atoms with Crippen LogP contribution < -0.4 is 11.2 Å². The van der Waals surface area contributed by atoms with Gasteiger partial charge in [0.15, 0.2) is 6.04 Å². The fourth-order valence-corrected chi connectivity index (χ4v) is 2.38. The summed E-state index contributed by atoms with van der Waals surface area (Å²) in [6.45, 7) is 3.91. The van der Waals surface area contributed by atoms with E-state index in [2.05, 4.69) is 10.4 Å². The molecule has 0 spiro atoms. The van der Waals surface area contributed by atoms with Crippen molar-refractivity contribution >= 4 is 30.3 Å². The topological polar surface area (TPSA) is 87.7 Å². The van der Waals surface area contributed by atoms with Crippen LogP contribution in [0.4, 0.5) is 5.69 Å². The lowest BCUT2D eigenvalue weighted by Crippen LogP contribution is -2.20. The van der Waals surface area contributed by atoms with Crippen LogP contribution >= 0.6 is 12.4 Å². The zero-order valence-electron chi connectivity index (χ0n) is 13.0. The summed E-state index contributed by atoms with van der Waals surface area (Å²) in [4.78, 5) is 11.6. The molecule has 0 heterocycles. The molecule has 0 aliphatic heterocycles. The van der Waals surface area contributed by atoms with Gasteiger partial charge in [-0.25, -0.2) is 4.79 Å². The summed E-state index contributed by atoms with van der Waals surface area (Å²) in [5, 5.41) is 16.0. The molecular formula is C17H20ClN3O2. The maximum Gasteiger partial charge on any atom is 0.330 e. The van der Waals surface area contributed by atoms with Crippen molar-refractivity contribution in [3.63, 3.8) is 0 Å². The summed E-state index contributed by atoms with van der Waals surface area (Å²) in [7, 11) is 0. The molecule has 0 aliphatic rings. The lowest BCUT2D eigenvalue weighted by atomic mass is 10.0. The highest BCUT2D eigenvalue weighted by atomic mass is 35.5. The fourth-order valence-electron chi connectivity index (χ4n) is 2.38. The highest BCUT2D eigenvalue weighted by Gasteiger charge is 2.20. The van der Waals surface area contributed by atoms with Crippen LogP contribution in [0.5, 0.6) is 0 Å². The molecule has 0 saturated heterocycles. The molecule has 0 amide bonds. The number of hydrogen-bond acceptors (Lipinski definition) is 4. The summed E-state index contributed by atoms with van der Waals surface area (Å²) in [5.74, 6) is 4.18. The molecule has 0 bridgehead atoms. The van der Waals surface area contributed by atoms with Gasteiger partial charge in [0.1, 0.15) is 0 Å². The van der Waals surface area contributed by atoms with Crippen LogP contribution in [0.15, 0.2) is 47.6 Å². The monoisotopic (exact) mass is 333 g/mol. The van der Waals surface area contributed by atoms with Crippen molar-refractivity contribution in [2.45, 2.75) is 19.9 Å². The first-order chi connectivity index (χ1) is 10.5. The predicted octanol–water partition coefficient (Wildman–Crippen LogP) is 3.26. The molecule has 0 aliphatic carbocycles. The van der Waals surface area contributed by atoms with Crippen LogP contribution in [0, 0.1) is 13.8 Å². The Labute approximate surface area is 141 Å². The Bertz CT molecular complexity index is 679. The van der Waals surface area contributed by atoms with E-state index >= 15 is 0 Å². The minimum atomic E-state index is -0.919. The molecule has 4 N–H and O–H groups in total. The van der Waals surface area contributed by atoms with E-state index in [1.165, 1.54) is 6.21 Å². The van der Waals surface area contributed by atoms with Gasteiger partial charge in [-0.1, -0.05) is 41.5 Å². The minimum absolute atomic E-state index is 0. The maximum atomic E-state index is 11.6. The number of aryl methyl sites for hydroxylation is 2. The molecule has 0 aromatic heterocycles. The van der Waals surface area contributed by atoms with E-state index in [0.29, 0.717) is 0 Å². The maximum absolute atomic E-state index is 11.6. The van der Waals surface area contributed by atoms with Gasteiger partial charge in [0.05, 0.1) is 6.21 Å². The Balaban J connectivity index is 0.00000264. The number of aliphatic carboxylic acids is 1. The average Bonchev–Trinajstić information content (AvgIpc) is 2.45. The number of rotatable bonds is 5. The number of halogens is 1. The highest BCUT2D eigenvalue weighted by Crippen LogP contribution is 2.22. The van der Waals surface area contributed by atoms with Crippen molar-refractivity contribution in [3.8, 4) is 0 Å². The second-order valence-electron chi connectivity index (χ2n) is 5.24. The van der Waals surface area contributed by atoms with Gasteiger partial charge >= 0.3 is 5.97 Å². The SMILES string of the molecule is Cc1cc(C)cc(C(Nc2ccc(C=NN)cc2)C(=O)O)c1.Cl. The molecule has 0 fully saturated rings. The van der Waals surface area contributed by atoms with Crippen molar-refractivity contribution < 1.29 is 9.90 Å². The van der Waals surface area contributed by atoms with Gasteiger partial charge in [0.2, 0.25) is 0 Å². The number of hydrogen-bond donors (Lipinski definition) is 3. The Morgan fingerprint density at radius 2 is 1.74 bits per heavy atom. The van der Waals surface area contributed by atoms with Gasteiger partial charge in [0.25, 0.3) is 0 Å². The Morgan fingerprint density at radius 3 is 2.22 bits per heavy atom. The van der Waals surface area contributed by atoms with Gasteiger partial charge in [-0.05, 0) is 37.1 Å². The molecule has 1 atom stereocenters. The number of benzene rings is 2. The molecule has 0 radical (unpaired) electrons. The molecule has 2 aromatic carbocycles. The highest BCUT2D eigenvalue weighted by molar-refractivity contribution is 5.85. The quantitative estimate of drug-likeness (QED) is 0.445. The largest absolute Gasteiger partial charge is 0.479 e. The van der Waals surface area contributed by atoms with Crippen LogP contribution in [0.25, 0.3) is 0 Å². The van der Waals surface area contributed by atoms with Crippen molar-refractivity contribution in [2.75, 3.05) is 5.32 Å². The van der Waals surface area contributed by atoms with Crippen LogP contribution in [0.1, 0.15) is 28.3 Å². The molecule has 122 valence electrons. The van der Waals surface area contributed by atoms with E-state index in [1.807, 2.05) is 44.2 Å². The first-order valence-corrected chi connectivity index (χ1v) is 6.90. The summed E-state index contributed by atoms with van der Waals surface area (Å²) in [6, 6.07) is 12.2. The third kappa shape index (κ3) is 5.00.